The van der Waals surface area contributed by atoms with Crippen LogP contribution in [0.5, 0.6) is 0 Å². The number of hydrogen-bond acceptors (Lipinski definition) is 3. The molecule has 0 aromatic carbocycles. The van der Waals surface area contributed by atoms with Crippen LogP contribution in [-0.4, -0.2) is 32.2 Å². The van der Waals surface area contributed by atoms with Crippen molar-refractivity contribution in [2.24, 2.45) is 11.1 Å². The highest BCUT2D eigenvalue weighted by Crippen LogP contribution is 2.21. The number of carbonyl (C=O) groups excluding carboxylic acids is 1. The van der Waals surface area contributed by atoms with E-state index in [9.17, 15) is 4.79 Å². The van der Waals surface area contributed by atoms with Gasteiger partial charge < -0.3 is 15.8 Å². The fraction of sp³-hybridized carbons (Fsp3) is 0.857. The zero-order valence-corrected chi connectivity index (χ0v) is 6.72. The second-order valence-corrected chi connectivity index (χ2v) is 2.89. The van der Waals surface area contributed by atoms with Crippen molar-refractivity contribution in [2.45, 2.75) is 6.92 Å². The van der Waals surface area contributed by atoms with E-state index in [1.807, 2.05) is 6.92 Å². The van der Waals surface area contributed by atoms with E-state index < -0.39 is 5.41 Å². The second-order valence-electron chi connectivity index (χ2n) is 2.89. The van der Waals surface area contributed by atoms with Crippen LogP contribution in [0.3, 0.4) is 0 Å². The Morgan fingerprint density at radius 1 is 1.73 bits per heavy atom. The fourth-order valence-electron chi connectivity index (χ4n) is 1.07. The Kier molecular flexibility index (Phi) is 2.46. The molecule has 3 N–H and O–H groups in total. The molecule has 1 fully saturated rings. The highest BCUT2D eigenvalue weighted by atomic mass is 16.5. The smallest absolute Gasteiger partial charge is 0.228 e. The van der Waals surface area contributed by atoms with Gasteiger partial charge in [-0.25, -0.2) is 0 Å². The lowest BCUT2D eigenvalue weighted by atomic mass is 9.82. The number of nitrogens with one attached hydrogen (secondary N) is 1. The first-order chi connectivity index (χ1) is 5.21. The van der Waals surface area contributed by atoms with Crippen LogP contribution >= 0.6 is 0 Å². The summed E-state index contributed by atoms with van der Waals surface area (Å²) in [4.78, 5) is 10.9. The van der Waals surface area contributed by atoms with E-state index in [1.165, 1.54) is 0 Å². The van der Waals surface area contributed by atoms with Gasteiger partial charge in [-0.3, -0.25) is 4.79 Å². The van der Waals surface area contributed by atoms with Gasteiger partial charge in [0.05, 0.1) is 12.0 Å². The van der Waals surface area contributed by atoms with Crippen LogP contribution in [0.1, 0.15) is 6.92 Å². The molecular weight excluding hydrogens is 144 g/mol. The summed E-state index contributed by atoms with van der Waals surface area (Å²) in [5.41, 5.74) is 4.79. The highest BCUT2D eigenvalue weighted by Gasteiger charge is 2.42. The lowest BCUT2D eigenvalue weighted by Crippen LogP contribution is -2.62. The average molecular weight is 158 g/mol. The number of amides is 1. The molecular formula is C7H14N2O2. The molecule has 0 atom stereocenters. The molecule has 1 aliphatic rings. The lowest BCUT2D eigenvalue weighted by molar-refractivity contribution is -0.135. The van der Waals surface area contributed by atoms with Gasteiger partial charge >= 0.3 is 0 Å². The normalized spacial score (nSPS) is 20.8. The van der Waals surface area contributed by atoms with Crippen molar-refractivity contribution >= 4 is 5.91 Å². The Labute approximate surface area is 66.1 Å². The number of primary amides is 1. The molecule has 0 spiro atoms. The minimum absolute atomic E-state index is 0.260. The van der Waals surface area contributed by atoms with Crippen LogP contribution in [0.25, 0.3) is 0 Å². The largest absolute Gasteiger partial charge is 0.381 e. The van der Waals surface area contributed by atoms with E-state index in [4.69, 9.17) is 10.5 Å². The Balaban J connectivity index is 2.40. The SMILES string of the molecule is CCOCC1(C(N)=O)CNC1. The third-order valence-corrected chi connectivity index (χ3v) is 2.03. The molecule has 0 bridgehead atoms. The molecule has 64 valence electrons. The van der Waals surface area contributed by atoms with Crippen molar-refractivity contribution in [1.29, 1.82) is 0 Å². The van der Waals surface area contributed by atoms with E-state index >= 15 is 0 Å². The monoisotopic (exact) mass is 158 g/mol. The minimum atomic E-state index is -0.421. The number of ether oxygens (including phenoxy) is 1. The van der Waals surface area contributed by atoms with Gasteiger partial charge in [0.15, 0.2) is 0 Å². The Bertz CT molecular complexity index is 155. The summed E-state index contributed by atoms with van der Waals surface area (Å²) in [6, 6.07) is 0. The number of carbonyl (C=O) groups is 1. The summed E-state index contributed by atoms with van der Waals surface area (Å²) in [5, 5.41) is 3.01. The molecule has 1 heterocycles. The van der Waals surface area contributed by atoms with Crippen molar-refractivity contribution in [3.63, 3.8) is 0 Å². The summed E-state index contributed by atoms with van der Waals surface area (Å²) < 4.78 is 5.16. The molecule has 0 aromatic heterocycles. The molecule has 0 aliphatic carbocycles. The molecule has 4 heteroatoms. The summed E-state index contributed by atoms with van der Waals surface area (Å²) in [7, 11) is 0. The van der Waals surface area contributed by atoms with Crippen LogP contribution in [-0.2, 0) is 9.53 Å². The van der Waals surface area contributed by atoms with Gasteiger partial charge in [0.25, 0.3) is 0 Å². The van der Waals surface area contributed by atoms with Crippen LogP contribution in [0.4, 0.5) is 0 Å². The van der Waals surface area contributed by atoms with Gasteiger partial charge in [-0.05, 0) is 6.92 Å². The Morgan fingerprint density at radius 2 is 2.36 bits per heavy atom. The van der Waals surface area contributed by atoms with E-state index in [0.717, 1.165) is 0 Å². The average Bonchev–Trinajstić information content (AvgIpc) is 1.85. The summed E-state index contributed by atoms with van der Waals surface area (Å²) in [5.74, 6) is -0.260. The predicted octanol–water partition coefficient (Wildman–Crippen LogP) is -0.902. The summed E-state index contributed by atoms with van der Waals surface area (Å²) in [6.07, 6.45) is 0. The standard InChI is InChI=1S/C7H14N2O2/c1-2-11-5-7(6(8)10)3-9-4-7/h9H,2-5H2,1H3,(H2,8,10). The molecule has 0 saturated carbocycles. The molecule has 0 radical (unpaired) electrons. The third-order valence-electron chi connectivity index (χ3n) is 2.03. The maximum Gasteiger partial charge on any atom is 0.228 e. The van der Waals surface area contributed by atoms with Gasteiger partial charge in [-0.2, -0.15) is 0 Å². The molecule has 4 nitrogen and oxygen atoms in total. The van der Waals surface area contributed by atoms with Gasteiger partial charge in [-0.15, -0.1) is 0 Å². The van der Waals surface area contributed by atoms with Gasteiger partial charge in [0.1, 0.15) is 0 Å². The van der Waals surface area contributed by atoms with Crippen LogP contribution in [0, 0.1) is 5.41 Å². The van der Waals surface area contributed by atoms with E-state index in [0.29, 0.717) is 26.3 Å². The van der Waals surface area contributed by atoms with Crippen molar-refractivity contribution in [2.75, 3.05) is 26.3 Å². The molecule has 1 amide bonds. The highest BCUT2D eigenvalue weighted by molar-refractivity contribution is 5.82. The molecule has 1 aliphatic heterocycles. The van der Waals surface area contributed by atoms with Crippen molar-refractivity contribution < 1.29 is 9.53 Å². The van der Waals surface area contributed by atoms with Crippen LogP contribution in [0.2, 0.25) is 0 Å². The van der Waals surface area contributed by atoms with Crippen molar-refractivity contribution in [3.05, 3.63) is 0 Å². The predicted molar refractivity (Wildman–Crippen MR) is 41.0 cm³/mol. The number of hydrogen-bond donors (Lipinski definition) is 2. The van der Waals surface area contributed by atoms with E-state index in [1.54, 1.807) is 0 Å². The summed E-state index contributed by atoms with van der Waals surface area (Å²) >= 11 is 0. The number of nitrogens with two attached hydrogens (primary N) is 1. The topological polar surface area (TPSA) is 64.3 Å². The van der Waals surface area contributed by atoms with Gasteiger partial charge in [0.2, 0.25) is 5.91 Å². The third kappa shape index (κ3) is 1.52. The van der Waals surface area contributed by atoms with Crippen molar-refractivity contribution in [1.82, 2.24) is 5.32 Å². The zero-order chi connectivity index (χ0) is 8.32. The van der Waals surface area contributed by atoms with Crippen LogP contribution in [0.15, 0.2) is 0 Å². The van der Waals surface area contributed by atoms with Crippen molar-refractivity contribution in [3.8, 4) is 0 Å². The first kappa shape index (κ1) is 8.49. The Morgan fingerprint density at radius 3 is 2.64 bits per heavy atom. The molecule has 1 saturated heterocycles. The molecule has 11 heavy (non-hydrogen) atoms. The number of rotatable bonds is 4. The second kappa shape index (κ2) is 3.19. The van der Waals surface area contributed by atoms with Gasteiger partial charge in [-0.1, -0.05) is 0 Å². The molecule has 0 aromatic rings. The first-order valence-electron chi connectivity index (χ1n) is 3.80. The molecule has 1 rings (SSSR count). The lowest BCUT2D eigenvalue weighted by Gasteiger charge is -2.39. The molecule has 0 unspecified atom stereocenters. The van der Waals surface area contributed by atoms with E-state index in [-0.39, 0.29) is 5.91 Å². The zero-order valence-electron chi connectivity index (χ0n) is 6.72. The minimum Gasteiger partial charge on any atom is -0.381 e. The Hall–Kier alpha value is -0.610. The summed E-state index contributed by atoms with van der Waals surface area (Å²) in [6.45, 7) is 4.30. The maximum atomic E-state index is 10.9. The first-order valence-corrected chi connectivity index (χ1v) is 3.80. The van der Waals surface area contributed by atoms with Crippen LogP contribution < -0.4 is 11.1 Å². The van der Waals surface area contributed by atoms with Gasteiger partial charge in [0, 0.05) is 19.7 Å². The quantitative estimate of drug-likeness (QED) is 0.557. The fourth-order valence-corrected chi connectivity index (χ4v) is 1.07. The maximum absolute atomic E-state index is 10.9. The van der Waals surface area contributed by atoms with E-state index in [2.05, 4.69) is 5.32 Å².